The van der Waals surface area contributed by atoms with Crippen LogP contribution < -0.4 is 18.4 Å². The Morgan fingerprint density at radius 2 is 1.52 bits per heavy atom. The number of aromatic nitrogens is 1. The monoisotopic (exact) mass is 591 g/mol. The van der Waals surface area contributed by atoms with Crippen LogP contribution in [-0.4, -0.2) is 43.7 Å². The Morgan fingerprint density at radius 3 is 2.17 bits per heavy atom. The molecular weight excluding hydrogens is 562 g/mol. The van der Waals surface area contributed by atoms with Gasteiger partial charge in [-0.15, -0.1) is 0 Å². The molecule has 0 aliphatic heterocycles. The second-order valence-electron chi connectivity index (χ2n) is 10.2. The molecule has 0 radical (unpaired) electrons. The lowest BCUT2D eigenvalue weighted by Crippen LogP contribution is -2.29. The number of aryl methyl sites for hydroxylation is 1. The van der Waals surface area contributed by atoms with Crippen molar-refractivity contribution in [2.45, 2.75) is 32.6 Å². The second kappa shape index (κ2) is 11.4. The summed E-state index contributed by atoms with van der Waals surface area (Å²) in [5.74, 6) is 1.58. The van der Waals surface area contributed by atoms with Crippen LogP contribution in [0.1, 0.15) is 29.5 Å². The standard InChI is InChI=1S/C31H29NO9S/c1-19-4-7-21(26(14-19)41-42(35,36)37)16-30(34)31(11-12-31)29(33)15-20-5-8-22(9-6-20)40-25-10-13-32-24-18-28(39-3)27(38-2)17-23(24)25/h4-10,13-14,17-18H,11-12,15-16H2,1-3H3,(H,35,36,37). The average Bonchev–Trinajstić information content (AvgIpc) is 3.77. The van der Waals surface area contributed by atoms with Gasteiger partial charge in [-0.05, 0) is 61.2 Å². The van der Waals surface area contributed by atoms with Crippen LogP contribution in [-0.2, 0) is 32.8 Å². The average molecular weight is 592 g/mol. The zero-order valence-electron chi connectivity index (χ0n) is 23.2. The number of fused-ring (bicyclic) bond motifs is 1. The molecule has 5 rings (SSSR count). The van der Waals surface area contributed by atoms with E-state index >= 15 is 0 Å². The highest BCUT2D eigenvalue weighted by molar-refractivity contribution is 7.81. The van der Waals surface area contributed by atoms with E-state index in [1.807, 2.05) is 0 Å². The first-order valence-corrected chi connectivity index (χ1v) is 14.5. The molecule has 1 aliphatic rings. The Morgan fingerprint density at radius 1 is 0.857 bits per heavy atom. The highest BCUT2D eigenvalue weighted by Crippen LogP contribution is 2.49. The SMILES string of the molecule is COc1cc2nccc(Oc3ccc(CC(=O)C4(C(=O)Cc5ccc(C)cc5OS(=O)(=O)O)CC4)cc3)c2cc1OC. The van der Waals surface area contributed by atoms with Crippen molar-refractivity contribution < 1.29 is 41.0 Å². The highest BCUT2D eigenvalue weighted by Gasteiger charge is 2.54. The van der Waals surface area contributed by atoms with E-state index in [4.69, 9.17) is 18.8 Å². The molecule has 11 heteroatoms. The van der Waals surface area contributed by atoms with Gasteiger partial charge >= 0.3 is 10.4 Å². The van der Waals surface area contributed by atoms with E-state index in [0.29, 0.717) is 46.9 Å². The van der Waals surface area contributed by atoms with Crippen molar-refractivity contribution in [3.63, 3.8) is 0 Å². The topological polar surface area (TPSA) is 138 Å². The molecule has 1 N–H and O–H groups in total. The van der Waals surface area contributed by atoms with E-state index in [9.17, 15) is 18.0 Å². The summed E-state index contributed by atoms with van der Waals surface area (Å²) in [5.41, 5.74) is 1.25. The summed E-state index contributed by atoms with van der Waals surface area (Å²) in [6.07, 6.45) is 2.35. The third-order valence-corrected chi connectivity index (χ3v) is 7.70. The Balaban J connectivity index is 1.28. The predicted molar refractivity (Wildman–Crippen MR) is 154 cm³/mol. The number of carbonyl (C=O) groups excluding carboxylic acids is 2. The number of carbonyl (C=O) groups is 2. The maximum Gasteiger partial charge on any atom is 0.446 e. The molecule has 0 amide bonds. The van der Waals surface area contributed by atoms with E-state index in [1.54, 1.807) is 81.9 Å². The molecule has 3 aromatic carbocycles. The normalized spacial score (nSPS) is 13.8. The van der Waals surface area contributed by atoms with Crippen LogP contribution in [0.2, 0.25) is 0 Å². The summed E-state index contributed by atoms with van der Waals surface area (Å²) in [7, 11) is -1.66. The third-order valence-electron chi connectivity index (χ3n) is 7.31. The van der Waals surface area contributed by atoms with Crippen molar-refractivity contribution in [2.75, 3.05) is 14.2 Å². The zero-order valence-corrected chi connectivity index (χ0v) is 24.1. The van der Waals surface area contributed by atoms with Gasteiger partial charge in [-0.2, -0.15) is 8.42 Å². The first-order valence-electron chi connectivity index (χ1n) is 13.1. The van der Waals surface area contributed by atoms with Crippen LogP contribution in [0.25, 0.3) is 10.9 Å². The largest absolute Gasteiger partial charge is 0.493 e. The molecular formula is C31H29NO9S. The molecule has 0 spiro atoms. The first kappa shape index (κ1) is 29.0. The third kappa shape index (κ3) is 6.22. The molecule has 1 aliphatic carbocycles. The van der Waals surface area contributed by atoms with Crippen LogP contribution in [0.5, 0.6) is 28.7 Å². The number of hydrogen-bond donors (Lipinski definition) is 1. The summed E-state index contributed by atoms with van der Waals surface area (Å²) in [6, 6.07) is 17.1. The van der Waals surface area contributed by atoms with E-state index in [1.165, 1.54) is 6.07 Å². The first-order chi connectivity index (χ1) is 20.0. The molecule has 0 bridgehead atoms. The van der Waals surface area contributed by atoms with Crippen molar-refractivity contribution >= 4 is 32.9 Å². The van der Waals surface area contributed by atoms with Crippen LogP contribution >= 0.6 is 0 Å². The molecule has 1 fully saturated rings. The minimum atomic E-state index is -4.77. The molecule has 1 aromatic heterocycles. The minimum Gasteiger partial charge on any atom is -0.493 e. The summed E-state index contributed by atoms with van der Waals surface area (Å²) >= 11 is 0. The van der Waals surface area contributed by atoms with Gasteiger partial charge in [0.15, 0.2) is 23.1 Å². The molecule has 1 saturated carbocycles. The van der Waals surface area contributed by atoms with Crippen molar-refractivity contribution in [3.05, 3.63) is 83.6 Å². The number of pyridine rings is 1. The van der Waals surface area contributed by atoms with E-state index in [-0.39, 0.29) is 35.7 Å². The van der Waals surface area contributed by atoms with Gasteiger partial charge in [0.25, 0.3) is 0 Å². The zero-order chi connectivity index (χ0) is 30.1. The van der Waals surface area contributed by atoms with E-state index in [2.05, 4.69) is 9.17 Å². The molecule has 218 valence electrons. The van der Waals surface area contributed by atoms with Gasteiger partial charge in [0.2, 0.25) is 0 Å². The molecule has 4 aromatic rings. The van der Waals surface area contributed by atoms with Crippen LogP contribution in [0, 0.1) is 12.3 Å². The lowest BCUT2D eigenvalue weighted by Gasteiger charge is -2.15. The van der Waals surface area contributed by atoms with E-state index in [0.717, 1.165) is 10.9 Å². The van der Waals surface area contributed by atoms with Gasteiger partial charge in [-0.3, -0.25) is 19.1 Å². The maximum absolute atomic E-state index is 13.3. The van der Waals surface area contributed by atoms with Gasteiger partial charge < -0.3 is 18.4 Å². The van der Waals surface area contributed by atoms with Crippen LogP contribution in [0.15, 0.2) is 66.9 Å². The van der Waals surface area contributed by atoms with Gasteiger partial charge in [0.05, 0.1) is 25.2 Å². The lowest BCUT2D eigenvalue weighted by atomic mass is 9.87. The lowest BCUT2D eigenvalue weighted by molar-refractivity contribution is -0.133. The number of hydrogen-bond acceptors (Lipinski definition) is 9. The van der Waals surface area contributed by atoms with Crippen molar-refractivity contribution in [2.24, 2.45) is 5.41 Å². The number of ether oxygens (including phenoxy) is 3. The summed E-state index contributed by atoms with van der Waals surface area (Å²) < 4.78 is 53.2. The fourth-order valence-electron chi connectivity index (χ4n) is 4.87. The fraction of sp³-hybridized carbons (Fsp3) is 0.258. The number of Topliss-reactive ketones (excluding diaryl/α,β-unsaturated/α-hetero) is 2. The van der Waals surface area contributed by atoms with Gasteiger partial charge in [-0.1, -0.05) is 24.3 Å². The van der Waals surface area contributed by atoms with Gasteiger partial charge in [0.1, 0.15) is 17.2 Å². The number of benzene rings is 3. The molecule has 0 atom stereocenters. The van der Waals surface area contributed by atoms with Crippen LogP contribution in [0.4, 0.5) is 0 Å². The summed E-state index contributed by atoms with van der Waals surface area (Å²) in [4.78, 5) is 30.9. The Kier molecular flexibility index (Phi) is 7.89. The van der Waals surface area contributed by atoms with E-state index < -0.39 is 15.8 Å². The fourth-order valence-corrected chi connectivity index (χ4v) is 5.25. The van der Waals surface area contributed by atoms with Crippen molar-refractivity contribution in [1.82, 2.24) is 4.98 Å². The molecule has 1 heterocycles. The molecule has 42 heavy (non-hydrogen) atoms. The second-order valence-corrected chi connectivity index (χ2v) is 11.2. The molecule has 0 saturated heterocycles. The summed E-state index contributed by atoms with van der Waals surface area (Å²) in [6.45, 7) is 1.72. The Hall–Kier alpha value is -4.48. The van der Waals surface area contributed by atoms with Gasteiger partial charge in [-0.25, -0.2) is 0 Å². The maximum atomic E-state index is 13.3. The Bertz CT molecular complexity index is 1780. The van der Waals surface area contributed by atoms with Crippen molar-refractivity contribution in [3.8, 4) is 28.7 Å². The number of ketones is 2. The smallest absolute Gasteiger partial charge is 0.446 e. The Labute approximate surface area is 243 Å². The van der Waals surface area contributed by atoms with Gasteiger partial charge in [0, 0.05) is 36.1 Å². The van der Waals surface area contributed by atoms with Crippen LogP contribution in [0.3, 0.4) is 0 Å². The molecule has 0 unspecified atom stereocenters. The number of nitrogens with zero attached hydrogens (tertiary/aromatic N) is 1. The summed E-state index contributed by atoms with van der Waals surface area (Å²) in [5, 5.41) is 0.738. The highest BCUT2D eigenvalue weighted by atomic mass is 32.3. The predicted octanol–water partition coefficient (Wildman–Crippen LogP) is 5.24. The molecule has 10 nitrogen and oxygen atoms in total. The number of rotatable bonds is 12. The minimum absolute atomic E-state index is 0.0590. The quantitative estimate of drug-likeness (QED) is 0.172. The number of methoxy groups -OCH3 is 2. The van der Waals surface area contributed by atoms with Crippen molar-refractivity contribution in [1.29, 1.82) is 0 Å².